The lowest BCUT2D eigenvalue weighted by molar-refractivity contribution is 1.32. The fourth-order valence-corrected chi connectivity index (χ4v) is 2.44. The van der Waals surface area contributed by atoms with Crippen molar-refractivity contribution in [1.82, 2.24) is 0 Å². The zero-order chi connectivity index (χ0) is 10.0. The van der Waals surface area contributed by atoms with Crippen molar-refractivity contribution in [2.75, 3.05) is 0 Å². The molecule has 0 aliphatic heterocycles. The van der Waals surface area contributed by atoms with E-state index in [1.54, 1.807) is 0 Å². The Morgan fingerprint density at radius 3 is 2.00 bits per heavy atom. The lowest BCUT2D eigenvalue weighted by atomic mass is 10.1. The Labute approximate surface area is 112 Å². The van der Waals surface area contributed by atoms with Crippen LogP contribution >= 0.6 is 63.7 Å². The zero-order valence-corrected chi connectivity index (χ0v) is 12.9. The Morgan fingerprint density at radius 2 is 1.62 bits per heavy atom. The first-order chi connectivity index (χ1) is 6.02. The van der Waals surface area contributed by atoms with Crippen molar-refractivity contribution >= 4 is 63.7 Å². The molecule has 1 aromatic carbocycles. The first kappa shape index (κ1) is 12.2. The average molecular weight is 435 g/mol. The molecule has 0 atom stereocenters. The molecule has 0 aromatic heterocycles. The highest BCUT2D eigenvalue weighted by Gasteiger charge is 2.09. The topological polar surface area (TPSA) is 0 Å². The minimum atomic E-state index is 0.172. The van der Waals surface area contributed by atoms with Gasteiger partial charge in [-0.05, 0) is 23.6 Å². The van der Waals surface area contributed by atoms with Crippen LogP contribution in [-0.4, -0.2) is 0 Å². The maximum atomic E-state index is 3.98. The van der Waals surface area contributed by atoms with Crippen LogP contribution in [0.3, 0.4) is 0 Å². The third kappa shape index (κ3) is 3.33. The van der Waals surface area contributed by atoms with E-state index < -0.39 is 0 Å². The Bertz CT molecular complexity index is 294. The number of hydrogen-bond donors (Lipinski definition) is 0. The number of hydrogen-bond acceptors (Lipinski definition) is 0. The second-order valence-electron chi connectivity index (χ2n) is 2.56. The summed E-state index contributed by atoms with van der Waals surface area (Å²) >= 11 is 13.8. The van der Waals surface area contributed by atoms with Gasteiger partial charge in [0.1, 0.15) is 0 Å². The van der Waals surface area contributed by atoms with E-state index in [-0.39, 0.29) is 7.47 Å². The molecule has 71 valence electrons. The highest BCUT2D eigenvalue weighted by atomic mass is 79.9. The van der Waals surface area contributed by atoms with Gasteiger partial charge in [-0.1, -0.05) is 81.9 Å². The lowest BCUT2D eigenvalue weighted by Crippen LogP contribution is -1.89. The Morgan fingerprint density at radius 1 is 1.00 bits per heavy atom. The molecular weight excluding hydrogens is 428 g/mol. The molecule has 0 aliphatic carbocycles. The molecule has 0 fully saturated rings. The minimum absolute atomic E-state index is 0.172. The summed E-state index contributed by atoms with van der Waals surface area (Å²) in [6.45, 7) is 3.98. The molecule has 0 nitrogen and oxygen atoms in total. The monoisotopic (exact) mass is 431 g/mol. The van der Waals surface area contributed by atoms with Gasteiger partial charge in [-0.25, -0.2) is 0 Å². The molecule has 1 rings (SSSR count). The van der Waals surface area contributed by atoms with Gasteiger partial charge in [-0.15, -0.1) is 0 Å². The largest absolute Gasteiger partial charge is 0.0949 e. The van der Waals surface area contributed by atoms with Crippen molar-refractivity contribution in [2.45, 2.75) is 7.47 Å². The molecule has 0 heterocycles. The van der Waals surface area contributed by atoms with Gasteiger partial charge in [0.25, 0.3) is 0 Å². The average Bonchev–Trinajstić information content (AvgIpc) is 2.03. The van der Waals surface area contributed by atoms with Gasteiger partial charge in [0.2, 0.25) is 0 Å². The Hall–Kier alpha value is 1.14. The predicted octanol–water partition coefficient (Wildman–Crippen LogP) is 5.45. The minimum Gasteiger partial charge on any atom is -0.0712 e. The molecule has 4 heteroatoms. The first-order valence-electron chi connectivity index (χ1n) is 3.54. The number of rotatable bonds is 2. The summed E-state index contributed by atoms with van der Waals surface area (Å²) < 4.78 is 0.365. The van der Waals surface area contributed by atoms with Crippen molar-refractivity contribution in [2.24, 2.45) is 0 Å². The van der Waals surface area contributed by atoms with Gasteiger partial charge < -0.3 is 0 Å². The summed E-state index contributed by atoms with van der Waals surface area (Å²) in [5, 5.41) is 0. The molecule has 1 radical (unpaired) electrons. The fraction of sp³-hybridized carbons (Fsp3) is 0.222. The van der Waals surface area contributed by atoms with Gasteiger partial charge >= 0.3 is 0 Å². The molecule has 0 unspecified atom stereocenters. The van der Waals surface area contributed by atoms with E-state index >= 15 is 0 Å². The van der Waals surface area contributed by atoms with Crippen LogP contribution in [0, 0.1) is 6.92 Å². The second-order valence-corrected chi connectivity index (χ2v) is 8.68. The summed E-state index contributed by atoms with van der Waals surface area (Å²) in [4.78, 5) is 0. The summed E-state index contributed by atoms with van der Waals surface area (Å²) in [7, 11) is 0. The van der Waals surface area contributed by atoms with Crippen LogP contribution in [0.25, 0.3) is 0 Å². The van der Waals surface area contributed by atoms with E-state index in [0.717, 1.165) is 11.1 Å². The maximum Gasteiger partial charge on any atom is 0.0949 e. The molecular formula is C9H7Br4. The van der Waals surface area contributed by atoms with Gasteiger partial charge in [0, 0.05) is 0 Å². The van der Waals surface area contributed by atoms with E-state index in [9.17, 15) is 0 Å². The van der Waals surface area contributed by atoms with Crippen molar-refractivity contribution in [1.29, 1.82) is 0 Å². The van der Waals surface area contributed by atoms with E-state index in [1.165, 1.54) is 5.56 Å². The predicted molar refractivity (Wildman–Crippen MR) is 72.1 cm³/mol. The highest BCUT2D eigenvalue weighted by Crippen LogP contribution is 2.35. The van der Waals surface area contributed by atoms with Gasteiger partial charge in [-0.2, -0.15) is 0 Å². The van der Waals surface area contributed by atoms with E-state index in [1.807, 2.05) is 0 Å². The summed E-state index contributed by atoms with van der Waals surface area (Å²) in [6.07, 6.45) is 0. The van der Waals surface area contributed by atoms with Gasteiger partial charge in [0.05, 0.1) is 7.47 Å². The molecule has 0 saturated heterocycles. The molecule has 0 saturated carbocycles. The van der Waals surface area contributed by atoms with Crippen LogP contribution in [0.15, 0.2) is 18.2 Å². The SMILES string of the molecule is [CH2]c1cc(C(Br)Br)ccc1C(Br)Br. The second kappa shape index (κ2) is 5.29. The summed E-state index contributed by atoms with van der Waals surface area (Å²) in [6, 6.07) is 6.17. The Balaban J connectivity index is 3.06. The first-order valence-corrected chi connectivity index (χ1v) is 7.20. The van der Waals surface area contributed by atoms with Crippen LogP contribution in [-0.2, 0) is 0 Å². The number of alkyl halides is 4. The molecule has 13 heavy (non-hydrogen) atoms. The number of halogens is 4. The fourth-order valence-electron chi connectivity index (χ4n) is 0.974. The summed E-state index contributed by atoms with van der Waals surface area (Å²) in [5.41, 5.74) is 3.36. The highest BCUT2D eigenvalue weighted by molar-refractivity contribution is 9.24. The van der Waals surface area contributed by atoms with Crippen molar-refractivity contribution in [3.63, 3.8) is 0 Å². The van der Waals surface area contributed by atoms with Crippen molar-refractivity contribution < 1.29 is 0 Å². The number of benzene rings is 1. The third-order valence-corrected chi connectivity index (χ3v) is 3.70. The van der Waals surface area contributed by atoms with Crippen LogP contribution in [0.4, 0.5) is 0 Å². The van der Waals surface area contributed by atoms with Gasteiger partial charge in [0.15, 0.2) is 0 Å². The molecule has 0 bridgehead atoms. The van der Waals surface area contributed by atoms with Crippen LogP contribution in [0.2, 0.25) is 0 Å². The molecule has 0 amide bonds. The maximum absolute atomic E-state index is 3.98. The third-order valence-electron chi connectivity index (χ3n) is 1.65. The zero-order valence-electron chi connectivity index (χ0n) is 6.61. The van der Waals surface area contributed by atoms with Crippen molar-refractivity contribution in [3.8, 4) is 0 Å². The Kier molecular flexibility index (Phi) is 4.97. The van der Waals surface area contributed by atoms with Crippen LogP contribution in [0.5, 0.6) is 0 Å². The molecule has 0 aliphatic rings. The summed E-state index contributed by atoms with van der Waals surface area (Å²) in [5.74, 6) is 0. The van der Waals surface area contributed by atoms with Crippen molar-refractivity contribution in [3.05, 3.63) is 41.8 Å². The molecule has 0 N–H and O–H groups in total. The normalized spacial score (nSPS) is 11.3. The van der Waals surface area contributed by atoms with E-state index in [0.29, 0.717) is 0 Å². The smallest absolute Gasteiger partial charge is 0.0712 e. The van der Waals surface area contributed by atoms with Crippen LogP contribution < -0.4 is 0 Å². The van der Waals surface area contributed by atoms with Gasteiger partial charge in [-0.3, -0.25) is 0 Å². The molecule has 1 aromatic rings. The quantitative estimate of drug-likeness (QED) is 0.543. The van der Waals surface area contributed by atoms with E-state index in [4.69, 9.17) is 0 Å². The lowest BCUT2D eigenvalue weighted by Gasteiger charge is -2.09. The standard InChI is InChI=1S/C9H7Br4/c1-5-4-6(8(10)11)2-3-7(5)9(12)13/h2-4,8-9H,1H2. The van der Waals surface area contributed by atoms with Crippen LogP contribution in [0.1, 0.15) is 24.2 Å². The molecule has 0 spiro atoms. The van der Waals surface area contributed by atoms with E-state index in [2.05, 4.69) is 88.8 Å².